The van der Waals surface area contributed by atoms with E-state index in [2.05, 4.69) is 0 Å². The number of aliphatic hydroxyl groups is 11. The number of carboxylic acids is 1. The Kier molecular flexibility index (Phi) is 10.8. The average molecular weight is 733 g/mol. The number of hydrogen-bond acceptors (Lipinski definition) is 14. The molecule has 4 aliphatic carbocycles. The summed E-state index contributed by atoms with van der Waals surface area (Å²) >= 11 is 0. The van der Waals surface area contributed by atoms with Gasteiger partial charge in [0, 0.05) is 11.8 Å². The van der Waals surface area contributed by atoms with Gasteiger partial charge in [-0.15, -0.1) is 0 Å². The van der Waals surface area contributed by atoms with E-state index in [0.29, 0.717) is 25.7 Å². The molecule has 15 heteroatoms. The third-order valence-corrected chi connectivity index (χ3v) is 15.4. The Balaban J connectivity index is 1.54. The SMILES string of the molecule is C[C@H](CCC(=O)O)[C@H]1CC[C@H]2[C@H]3[C@H](C[C@@](O)([C@@H]4O[C@H](CO)[C@@H](O)[C@H](O)[C@H]4O)[C@]12C)[C@@]1(C)CC[C@@H](O)C[C@H]1C[C@]3(O)C1O[C@H](CO)[C@@H](O)[C@H](O)[C@H]1O. The molecule has 0 amide bonds. The van der Waals surface area contributed by atoms with Crippen LogP contribution in [0.1, 0.15) is 78.6 Å². The third-order valence-electron chi connectivity index (χ3n) is 15.4. The number of carbonyl (C=O) groups is 1. The van der Waals surface area contributed by atoms with Crippen molar-refractivity contribution in [2.24, 2.45) is 46.3 Å². The van der Waals surface area contributed by atoms with E-state index in [1.165, 1.54) is 0 Å². The van der Waals surface area contributed by atoms with Crippen molar-refractivity contribution in [3.05, 3.63) is 0 Å². The minimum atomic E-state index is -1.98. The summed E-state index contributed by atoms with van der Waals surface area (Å²) in [6.45, 7) is 4.36. The van der Waals surface area contributed by atoms with Crippen LogP contribution in [0, 0.1) is 46.3 Å². The normalized spacial score (nSPS) is 56.4. The number of fused-ring (bicyclic) bond motifs is 5. The number of aliphatic carboxylic acids is 1. The van der Waals surface area contributed by atoms with Crippen LogP contribution in [0.3, 0.4) is 0 Å². The van der Waals surface area contributed by atoms with E-state index in [4.69, 9.17) is 9.47 Å². The zero-order valence-corrected chi connectivity index (χ0v) is 29.7. The van der Waals surface area contributed by atoms with Crippen molar-refractivity contribution >= 4 is 5.97 Å². The van der Waals surface area contributed by atoms with E-state index in [1.807, 2.05) is 20.8 Å². The number of carboxylic acid groups (broad SMARTS) is 1. The Hall–Kier alpha value is -1.05. The molecule has 0 spiro atoms. The van der Waals surface area contributed by atoms with E-state index < -0.39 is 132 Å². The van der Waals surface area contributed by atoms with Gasteiger partial charge in [-0.3, -0.25) is 4.79 Å². The highest BCUT2D eigenvalue weighted by molar-refractivity contribution is 5.66. The predicted octanol–water partition coefficient (Wildman–Crippen LogP) is -2.13. The summed E-state index contributed by atoms with van der Waals surface area (Å²) in [6.07, 6.45) is -14.6. The van der Waals surface area contributed by atoms with Crippen molar-refractivity contribution in [2.45, 2.75) is 157 Å². The van der Waals surface area contributed by atoms with Gasteiger partial charge in [-0.25, -0.2) is 0 Å². The minimum absolute atomic E-state index is 0.0364. The van der Waals surface area contributed by atoms with Gasteiger partial charge in [-0.05, 0) is 92.3 Å². The summed E-state index contributed by atoms with van der Waals surface area (Å²) in [6, 6.07) is 0. The first-order valence-corrected chi connectivity index (χ1v) is 18.8. The van der Waals surface area contributed by atoms with Crippen molar-refractivity contribution in [1.82, 2.24) is 0 Å². The van der Waals surface area contributed by atoms with Crippen molar-refractivity contribution in [3.63, 3.8) is 0 Å². The highest BCUT2D eigenvalue weighted by atomic mass is 16.6. The number of rotatable bonds is 8. The van der Waals surface area contributed by atoms with Crippen LogP contribution in [0.5, 0.6) is 0 Å². The summed E-state index contributed by atoms with van der Waals surface area (Å²) in [7, 11) is 0. The molecule has 0 aromatic heterocycles. The van der Waals surface area contributed by atoms with Crippen LogP contribution in [0.2, 0.25) is 0 Å². The number of aliphatic hydroxyl groups excluding tert-OH is 9. The van der Waals surface area contributed by atoms with Crippen molar-refractivity contribution in [3.8, 4) is 0 Å². The van der Waals surface area contributed by atoms with Gasteiger partial charge in [-0.2, -0.15) is 0 Å². The second-order valence-electron chi connectivity index (χ2n) is 17.6. The Morgan fingerprint density at radius 2 is 1.33 bits per heavy atom. The van der Waals surface area contributed by atoms with E-state index in [9.17, 15) is 66.1 Å². The standard InChI is InChI=1S/C36H60O15/c1-15(4-7-23(40)41)18-5-6-19-24-20(12-36(49,34(18,19)3)32-30(47)28(45)26(43)22(14-38)51-32)33(2)9-8-17(39)10-16(33)11-35(24,48)31-29(46)27(44)25(42)21(13-37)50-31/h15-22,24-32,37-39,42-49H,4-14H2,1-3H3,(H,40,41)/t15-,16+,17-,18-,19+,20+,21-,22-,24+,25-,26-,27+,28+,29-,30-,31?,32-,33+,34-,35-,36-/m1/s1. The Morgan fingerprint density at radius 3 is 1.90 bits per heavy atom. The molecular formula is C36H60O15. The number of ether oxygens (including phenoxy) is 2. The van der Waals surface area contributed by atoms with Gasteiger partial charge in [0.15, 0.2) is 0 Å². The molecule has 0 bridgehead atoms. The second-order valence-corrected chi connectivity index (χ2v) is 17.6. The van der Waals surface area contributed by atoms with Crippen LogP contribution in [0.25, 0.3) is 0 Å². The van der Waals surface area contributed by atoms with Crippen LogP contribution in [-0.2, 0) is 14.3 Å². The molecule has 294 valence electrons. The maximum absolute atomic E-state index is 13.5. The van der Waals surface area contributed by atoms with Crippen molar-refractivity contribution in [1.29, 1.82) is 0 Å². The van der Waals surface area contributed by atoms with Gasteiger partial charge in [0.05, 0.1) is 30.5 Å². The van der Waals surface area contributed by atoms with Gasteiger partial charge in [0.25, 0.3) is 0 Å². The molecule has 0 radical (unpaired) electrons. The van der Waals surface area contributed by atoms with Crippen LogP contribution >= 0.6 is 0 Å². The monoisotopic (exact) mass is 732 g/mol. The summed E-state index contributed by atoms with van der Waals surface area (Å²) < 4.78 is 12.3. The molecule has 15 nitrogen and oxygen atoms in total. The largest absolute Gasteiger partial charge is 0.481 e. The maximum atomic E-state index is 13.5. The zero-order valence-electron chi connectivity index (χ0n) is 29.7. The average Bonchev–Trinajstić information content (AvgIpc) is 3.44. The Bertz CT molecular complexity index is 1270. The van der Waals surface area contributed by atoms with Crippen LogP contribution in [0.4, 0.5) is 0 Å². The van der Waals surface area contributed by atoms with Gasteiger partial charge < -0.3 is 70.8 Å². The fourth-order valence-corrected chi connectivity index (χ4v) is 12.6. The molecule has 21 atom stereocenters. The molecule has 6 rings (SSSR count). The van der Waals surface area contributed by atoms with Crippen LogP contribution in [-0.4, -0.2) is 159 Å². The molecular weight excluding hydrogens is 672 g/mol. The molecule has 1 unspecified atom stereocenters. The quantitative estimate of drug-likeness (QED) is 0.127. The van der Waals surface area contributed by atoms with Crippen LogP contribution < -0.4 is 0 Å². The Morgan fingerprint density at radius 1 is 0.765 bits per heavy atom. The maximum Gasteiger partial charge on any atom is 0.303 e. The third kappa shape index (κ3) is 5.84. The zero-order chi connectivity index (χ0) is 37.6. The molecule has 2 saturated heterocycles. The first kappa shape index (κ1) is 39.6. The number of hydrogen-bond donors (Lipinski definition) is 12. The first-order chi connectivity index (χ1) is 23.8. The topological polar surface area (TPSA) is 278 Å². The van der Waals surface area contributed by atoms with Crippen molar-refractivity contribution < 1.29 is 75.5 Å². The summed E-state index contributed by atoms with van der Waals surface area (Å²) in [4.78, 5) is 11.7. The lowest BCUT2D eigenvalue weighted by Gasteiger charge is -2.71. The first-order valence-electron chi connectivity index (χ1n) is 18.8. The smallest absolute Gasteiger partial charge is 0.303 e. The lowest BCUT2D eigenvalue weighted by molar-refractivity contribution is -0.354. The fourth-order valence-electron chi connectivity index (χ4n) is 12.6. The Labute approximate surface area is 297 Å². The van der Waals surface area contributed by atoms with E-state index in [1.54, 1.807) is 0 Å². The summed E-state index contributed by atoms with van der Waals surface area (Å²) in [5.41, 5.74) is -5.80. The molecule has 0 aromatic rings. The van der Waals surface area contributed by atoms with Crippen LogP contribution in [0.15, 0.2) is 0 Å². The lowest BCUT2D eigenvalue weighted by Crippen LogP contribution is -2.78. The van der Waals surface area contributed by atoms with Gasteiger partial charge in [-0.1, -0.05) is 20.8 Å². The molecule has 4 saturated carbocycles. The molecule has 0 aromatic carbocycles. The summed E-state index contributed by atoms with van der Waals surface area (Å²) in [5, 5.41) is 134. The molecule has 6 aliphatic rings. The van der Waals surface area contributed by atoms with Crippen molar-refractivity contribution in [2.75, 3.05) is 13.2 Å². The van der Waals surface area contributed by atoms with Gasteiger partial charge >= 0.3 is 5.97 Å². The molecule has 6 fully saturated rings. The molecule has 51 heavy (non-hydrogen) atoms. The molecule has 12 N–H and O–H groups in total. The summed E-state index contributed by atoms with van der Waals surface area (Å²) in [5.74, 6) is -4.01. The van der Waals surface area contributed by atoms with E-state index in [-0.39, 0.29) is 43.9 Å². The minimum Gasteiger partial charge on any atom is -0.481 e. The van der Waals surface area contributed by atoms with E-state index in [0.717, 1.165) is 0 Å². The second kappa shape index (κ2) is 13.9. The fraction of sp³-hybridized carbons (Fsp3) is 0.972. The molecule has 2 heterocycles. The van der Waals surface area contributed by atoms with Gasteiger partial charge in [0.1, 0.15) is 61.0 Å². The highest BCUT2D eigenvalue weighted by Gasteiger charge is 2.77. The predicted molar refractivity (Wildman–Crippen MR) is 175 cm³/mol. The van der Waals surface area contributed by atoms with E-state index >= 15 is 0 Å². The van der Waals surface area contributed by atoms with Gasteiger partial charge in [0.2, 0.25) is 0 Å². The molecule has 2 aliphatic heterocycles. The lowest BCUT2D eigenvalue weighted by atomic mass is 9.37. The highest BCUT2D eigenvalue weighted by Crippen LogP contribution is 2.74.